The number of nitrogens with one attached hydrogen (secondary N) is 1. The van der Waals surface area contributed by atoms with E-state index < -0.39 is 0 Å². The Labute approximate surface area is 137 Å². The fourth-order valence-electron chi connectivity index (χ4n) is 3.83. The van der Waals surface area contributed by atoms with Gasteiger partial charge in [0.25, 0.3) is 0 Å². The summed E-state index contributed by atoms with van der Waals surface area (Å²) in [7, 11) is 0. The van der Waals surface area contributed by atoms with Gasteiger partial charge < -0.3 is 5.32 Å². The molecule has 116 valence electrons. The first-order valence-corrected chi connectivity index (χ1v) is 8.88. The Morgan fingerprint density at radius 2 is 1.95 bits per heavy atom. The summed E-state index contributed by atoms with van der Waals surface area (Å²) in [6.45, 7) is 4.20. The van der Waals surface area contributed by atoms with Crippen LogP contribution in [0.2, 0.25) is 10.0 Å². The highest BCUT2D eigenvalue weighted by atomic mass is 35.5. The number of piperazine rings is 1. The molecule has 1 saturated carbocycles. The standard InChI is InChI=1S/C17H24Cl2N2/c18-15-6-7-16(19)14(10-15)12-21-9-8-20-11-17(21)13-4-2-1-3-5-13/h6-7,10,13,17,20H,1-5,8-9,11-12H2. The van der Waals surface area contributed by atoms with E-state index in [2.05, 4.69) is 10.2 Å². The van der Waals surface area contributed by atoms with E-state index in [4.69, 9.17) is 23.2 Å². The molecule has 2 fully saturated rings. The van der Waals surface area contributed by atoms with E-state index in [-0.39, 0.29) is 0 Å². The average Bonchev–Trinajstić information content (AvgIpc) is 2.52. The number of benzene rings is 1. The van der Waals surface area contributed by atoms with E-state index in [0.717, 1.165) is 47.7 Å². The zero-order chi connectivity index (χ0) is 14.7. The molecule has 0 spiro atoms. The van der Waals surface area contributed by atoms with Gasteiger partial charge >= 0.3 is 0 Å². The molecule has 0 bridgehead atoms. The van der Waals surface area contributed by atoms with Crippen LogP contribution in [0.5, 0.6) is 0 Å². The maximum absolute atomic E-state index is 6.35. The smallest absolute Gasteiger partial charge is 0.0452 e. The second kappa shape index (κ2) is 7.32. The van der Waals surface area contributed by atoms with Gasteiger partial charge in [0, 0.05) is 42.3 Å². The van der Waals surface area contributed by atoms with Gasteiger partial charge in [0.15, 0.2) is 0 Å². The second-order valence-electron chi connectivity index (χ2n) is 6.38. The van der Waals surface area contributed by atoms with Gasteiger partial charge in [0.1, 0.15) is 0 Å². The van der Waals surface area contributed by atoms with Crippen molar-refractivity contribution < 1.29 is 0 Å². The lowest BCUT2D eigenvalue weighted by Gasteiger charge is -2.42. The third kappa shape index (κ3) is 3.92. The first kappa shape index (κ1) is 15.6. The molecule has 1 unspecified atom stereocenters. The average molecular weight is 327 g/mol. The van der Waals surface area contributed by atoms with Gasteiger partial charge in [-0.25, -0.2) is 0 Å². The van der Waals surface area contributed by atoms with Gasteiger partial charge in [0.2, 0.25) is 0 Å². The van der Waals surface area contributed by atoms with Crippen LogP contribution in [0.15, 0.2) is 18.2 Å². The summed E-state index contributed by atoms with van der Waals surface area (Å²) in [4.78, 5) is 2.62. The lowest BCUT2D eigenvalue weighted by molar-refractivity contribution is 0.0860. The minimum absolute atomic E-state index is 0.647. The summed E-state index contributed by atoms with van der Waals surface area (Å²) < 4.78 is 0. The van der Waals surface area contributed by atoms with Crippen LogP contribution < -0.4 is 5.32 Å². The first-order valence-electron chi connectivity index (χ1n) is 8.13. The van der Waals surface area contributed by atoms with E-state index in [9.17, 15) is 0 Å². The summed E-state index contributed by atoms with van der Waals surface area (Å²) in [5.74, 6) is 0.838. The summed E-state index contributed by atoms with van der Waals surface area (Å²) in [5, 5.41) is 5.18. The molecule has 1 aromatic rings. The van der Waals surface area contributed by atoms with Gasteiger partial charge in [-0.05, 0) is 42.5 Å². The van der Waals surface area contributed by atoms with Crippen LogP contribution in [-0.2, 0) is 6.54 Å². The number of hydrogen-bond donors (Lipinski definition) is 1. The number of hydrogen-bond acceptors (Lipinski definition) is 2. The van der Waals surface area contributed by atoms with Crippen molar-refractivity contribution in [2.45, 2.75) is 44.7 Å². The Morgan fingerprint density at radius 1 is 1.14 bits per heavy atom. The van der Waals surface area contributed by atoms with Crippen LogP contribution in [0.4, 0.5) is 0 Å². The summed E-state index contributed by atoms with van der Waals surface area (Å²) in [6.07, 6.45) is 6.97. The lowest BCUT2D eigenvalue weighted by atomic mass is 9.82. The molecule has 1 aliphatic heterocycles. The van der Waals surface area contributed by atoms with Crippen LogP contribution in [0.3, 0.4) is 0 Å². The molecular formula is C17H24Cl2N2. The molecule has 1 aliphatic carbocycles. The Morgan fingerprint density at radius 3 is 2.76 bits per heavy atom. The van der Waals surface area contributed by atoms with Crippen molar-refractivity contribution in [2.24, 2.45) is 5.92 Å². The molecular weight excluding hydrogens is 303 g/mol. The molecule has 2 nitrogen and oxygen atoms in total. The largest absolute Gasteiger partial charge is 0.314 e. The Kier molecular flexibility index (Phi) is 5.44. The fraction of sp³-hybridized carbons (Fsp3) is 0.647. The van der Waals surface area contributed by atoms with Crippen molar-refractivity contribution in [3.8, 4) is 0 Å². The van der Waals surface area contributed by atoms with E-state index >= 15 is 0 Å². The maximum Gasteiger partial charge on any atom is 0.0452 e. The minimum Gasteiger partial charge on any atom is -0.314 e. The molecule has 1 aromatic carbocycles. The SMILES string of the molecule is Clc1ccc(Cl)c(CN2CCNCC2C2CCCCC2)c1. The highest BCUT2D eigenvalue weighted by molar-refractivity contribution is 6.33. The van der Waals surface area contributed by atoms with Crippen molar-refractivity contribution in [2.75, 3.05) is 19.6 Å². The number of nitrogens with zero attached hydrogens (tertiary/aromatic N) is 1. The minimum atomic E-state index is 0.647. The summed E-state index contributed by atoms with van der Waals surface area (Å²) in [6, 6.07) is 6.44. The molecule has 1 N–H and O–H groups in total. The van der Waals surface area contributed by atoms with Crippen molar-refractivity contribution >= 4 is 23.2 Å². The highest BCUT2D eigenvalue weighted by Crippen LogP contribution is 2.31. The molecule has 3 rings (SSSR count). The molecule has 0 aromatic heterocycles. The number of rotatable bonds is 3. The van der Waals surface area contributed by atoms with Gasteiger partial charge in [0.05, 0.1) is 0 Å². The van der Waals surface area contributed by atoms with Gasteiger partial charge in [-0.3, -0.25) is 4.90 Å². The number of halogens is 2. The van der Waals surface area contributed by atoms with Gasteiger partial charge in [-0.2, -0.15) is 0 Å². The summed E-state index contributed by atoms with van der Waals surface area (Å²) in [5.41, 5.74) is 1.16. The van der Waals surface area contributed by atoms with E-state index in [1.54, 1.807) is 0 Å². The predicted molar refractivity (Wildman–Crippen MR) is 90.1 cm³/mol. The topological polar surface area (TPSA) is 15.3 Å². The first-order chi connectivity index (χ1) is 10.2. The predicted octanol–water partition coefficient (Wildman–Crippen LogP) is 4.35. The quantitative estimate of drug-likeness (QED) is 0.888. The Hall–Kier alpha value is -0.280. The van der Waals surface area contributed by atoms with Crippen molar-refractivity contribution in [1.82, 2.24) is 10.2 Å². The lowest BCUT2D eigenvalue weighted by Crippen LogP contribution is -2.54. The molecule has 1 saturated heterocycles. The van der Waals surface area contributed by atoms with E-state index in [1.807, 2.05) is 18.2 Å². The van der Waals surface area contributed by atoms with Crippen LogP contribution >= 0.6 is 23.2 Å². The van der Waals surface area contributed by atoms with Crippen molar-refractivity contribution in [3.05, 3.63) is 33.8 Å². The van der Waals surface area contributed by atoms with Crippen LogP contribution in [-0.4, -0.2) is 30.6 Å². The molecule has 0 radical (unpaired) electrons. The Balaban J connectivity index is 1.73. The normalized spacial score (nSPS) is 25.1. The van der Waals surface area contributed by atoms with Crippen LogP contribution in [0.25, 0.3) is 0 Å². The zero-order valence-electron chi connectivity index (χ0n) is 12.5. The van der Waals surface area contributed by atoms with Crippen molar-refractivity contribution in [1.29, 1.82) is 0 Å². The molecule has 2 aliphatic rings. The van der Waals surface area contributed by atoms with Crippen LogP contribution in [0.1, 0.15) is 37.7 Å². The van der Waals surface area contributed by atoms with E-state index in [1.165, 1.54) is 32.1 Å². The van der Waals surface area contributed by atoms with E-state index in [0.29, 0.717) is 6.04 Å². The third-order valence-corrected chi connectivity index (χ3v) is 5.58. The molecule has 1 heterocycles. The monoisotopic (exact) mass is 326 g/mol. The molecule has 4 heteroatoms. The summed E-state index contributed by atoms with van der Waals surface area (Å²) >= 11 is 12.5. The maximum atomic E-state index is 6.35. The third-order valence-electron chi connectivity index (χ3n) is 4.97. The van der Waals surface area contributed by atoms with Gasteiger partial charge in [-0.1, -0.05) is 42.5 Å². The second-order valence-corrected chi connectivity index (χ2v) is 7.22. The fourth-order valence-corrected chi connectivity index (χ4v) is 4.20. The Bertz CT molecular complexity index is 472. The van der Waals surface area contributed by atoms with Gasteiger partial charge in [-0.15, -0.1) is 0 Å². The highest BCUT2D eigenvalue weighted by Gasteiger charge is 2.30. The molecule has 21 heavy (non-hydrogen) atoms. The molecule has 0 amide bonds. The molecule has 1 atom stereocenters. The van der Waals surface area contributed by atoms with Crippen LogP contribution in [0, 0.1) is 5.92 Å². The zero-order valence-corrected chi connectivity index (χ0v) is 14.0. The van der Waals surface area contributed by atoms with Crippen molar-refractivity contribution in [3.63, 3.8) is 0 Å².